The number of amides is 5. The Labute approximate surface area is 212 Å². The molecule has 3 fully saturated rings. The standard InChI is InChI=1S/C27H26FN3O6/c28-22-10-16(31-12-17(13-32)37-26(31)36)6-8-19(22)14-5-7-18-15(9-14)11-27(21-4-2-1-3-20(18)21)23(33)29-25(35)30-24(27)34/h5-10,17,20-21,32H,1-4,11-13H2,(H2,29,30,33,34,35)/t17-,20?,21?/m1/s1. The number of hydrogen-bond acceptors (Lipinski definition) is 6. The van der Waals surface area contributed by atoms with Gasteiger partial charge in [0, 0.05) is 5.56 Å². The van der Waals surface area contributed by atoms with E-state index in [1.807, 2.05) is 18.2 Å². The highest BCUT2D eigenvalue weighted by atomic mass is 19.1. The third-order valence-corrected chi connectivity index (χ3v) is 8.33. The SMILES string of the molecule is O=C1NC(=O)C2(Cc3cc(-c4ccc(N5C[C@H](CO)OC5=O)cc4F)ccc3C3CCCCC32)C(=O)N1. The first-order chi connectivity index (χ1) is 17.8. The molecule has 0 radical (unpaired) electrons. The van der Waals surface area contributed by atoms with Crippen LogP contribution in [0.5, 0.6) is 0 Å². The van der Waals surface area contributed by atoms with Gasteiger partial charge in [-0.15, -0.1) is 0 Å². The van der Waals surface area contributed by atoms with E-state index in [0.29, 0.717) is 23.2 Å². The maximum absolute atomic E-state index is 15.3. The Morgan fingerprint density at radius 1 is 1.03 bits per heavy atom. The molecule has 0 aromatic heterocycles. The fourth-order valence-electron chi connectivity index (χ4n) is 6.61. The Morgan fingerprint density at radius 2 is 1.78 bits per heavy atom. The fourth-order valence-corrected chi connectivity index (χ4v) is 6.61. The monoisotopic (exact) mass is 507 g/mol. The minimum atomic E-state index is -1.38. The van der Waals surface area contributed by atoms with Gasteiger partial charge in [-0.1, -0.05) is 31.0 Å². The summed E-state index contributed by atoms with van der Waals surface area (Å²) in [5, 5.41) is 13.9. The van der Waals surface area contributed by atoms with Crippen molar-refractivity contribution in [2.45, 2.75) is 44.1 Å². The van der Waals surface area contributed by atoms with Gasteiger partial charge in [0.1, 0.15) is 17.3 Å². The van der Waals surface area contributed by atoms with Gasteiger partial charge in [-0.3, -0.25) is 25.1 Å². The van der Waals surface area contributed by atoms with Crippen LogP contribution < -0.4 is 15.5 Å². The Hall–Kier alpha value is -3.79. The minimum Gasteiger partial charge on any atom is -0.441 e. The third-order valence-electron chi connectivity index (χ3n) is 8.33. The number of nitrogens with one attached hydrogen (secondary N) is 2. The number of ether oxygens (including phenoxy) is 1. The first-order valence-electron chi connectivity index (χ1n) is 12.5. The van der Waals surface area contributed by atoms with Crippen LogP contribution in [0.4, 0.5) is 19.7 Å². The van der Waals surface area contributed by atoms with Gasteiger partial charge in [-0.05, 0) is 66.0 Å². The highest BCUT2D eigenvalue weighted by Crippen LogP contribution is 2.54. The highest BCUT2D eigenvalue weighted by molar-refractivity contribution is 6.19. The first-order valence-corrected chi connectivity index (χ1v) is 12.5. The van der Waals surface area contributed by atoms with Crippen LogP contribution in [0, 0.1) is 17.2 Å². The molecule has 6 rings (SSSR count). The number of urea groups is 1. The third kappa shape index (κ3) is 3.61. The van der Waals surface area contributed by atoms with Crippen molar-refractivity contribution in [2.75, 3.05) is 18.1 Å². The number of cyclic esters (lactones) is 1. The number of halogens is 1. The molecular weight excluding hydrogens is 481 g/mol. The second-order valence-electron chi connectivity index (χ2n) is 10.3. The molecule has 3 N–H and O–H groups in total. The van der Waals surface area contributed by atoms with Crippen molar-refractivity contribution < 1.29 is 33.4 Å². The van der Waals surface area contributed by atoms with Crippen molar-refractivity contribution in [2.24, 2.45) is 11.3 Å². The number of nitrogens with zero attached hydrogens (tertiary/aromatic N) is 1. The molecule has 1 saturated carbocycles. The number of carbonyl (C=O) groups excluding carboxylic acids is 4. The molecule has 2 saturated heterocycles. The summed E-state index contributed by atoms with van der Waals surface area (Å²) in [7, 11) is 0. The van der Waals surface area contributed by atoms with Gasteiger partial charge in [-0.25, -0.2) is 14.0 Å². The lowest BCUT2D eigenvalue weighted by Crippen LogP contribution is -2.67. The van der Waals surface area contributed by atoms with Crippen LogP contribution in [0.15, 0.2) is 36.4 Å². The summed E-state index contributed by atoms with van der Waals surface area (Å²) in [5.41, 5.74) is 1.68. The zero-order chi connectivity index (χ0) is 25.9. The molecule has 2 aromatic rings. The summed E-state index contributed by atoms with van der Waals surface area (Å²) in [6.45, 7) is -0.185. The van der Waals surface area contributed by atoms with Crippen LogP contribution in [-0.4, -0.2) is 48.3 Å². The van der Waals surface area contributed by atoms with E-state index in [4.69, 9.17) is 4.74 Å². The van der Waals surface area contributed by atoms with E-state index in [2.05, 4.69) is 10.6 Å². The summed E-state index contributed by atoms with van der Waals surface area (Å²) in [6, 6.07) is 9.27. The lowest BCUT2D eigenvalue weighted by atomic mass is 9.54. The van der Waals surface area contributed by atoms with Crippen molar-refractivity contribution in [3.8, 4) is 11.1 Å². The van der Waals surface area contributed by atoms with E-state index >= 15 is 4.39 Å². The number of fused-ring (bicyclic) bond motifs is 4. The van der Waals surface area contributed by atoms with Gasteiger partial charge in [0.05, 0.1) is 18.8 Å². The van der Waals surface area contributed by atoms with Crippen molar-refractivity contribution in [1.29, 1.82) is 0 Å². The molecule has 2 aromatic carbocycles. The van der Waals surface area contributed by atoms with Crippen LogP contribution in [0.25, 0.3) is 11.1 Å². The molecule has 0 bridgehead atoms. The molecule has 2 unspecified atom stereocenters. The predicted octanol–water partition coefficient (Wildman–Crippen LogP) is 2.99. The molecule has 2 heterocycles. The van der Waals surface area contributed by atoms with E-state index in [9.17, 15) is 24.3 Å². The van der Waals surface area contributed by atoms with E-state index in [1.54, 1.807) is 12.1 Å². The second-order valence-corrected chi connectivity index (χ2v) is 10.3. The molecular formula is C27H26FN3O6. The number of aliphatic hydroxyl groups is 1. The number of imide groups is 2. The Kier molecular flexibility index (Phi) is 5.52. The van der Waals surface area contributed by atoms with Crippen molar-refractivity contribution in [1.82, 2.24) is 10.6 Å². The van der Waals surface area contributed by atoms with Gasteiger partial charge in [-0.2, -0.15) is 0 Å². The highest BCUT2D eigenvalue weighted by Gasteiger charge is 2.60. The first kappa shape index (κ1) is 23.6. The van der Waals surface area contributed by atoms with Gasteiger partial charge in [0.2, 0.25) is 11.8 Å². The van der Waals surface area contributed by atoms with E-state index in [0.717, 1.165) is 30.4 Å². The molecule has 37 heavy (non-hydrogen) atoms. The molecule has 3 atom stereocenters. The average molecular weight is 508 g/mol. The number of rotatable bonds is 3. The van der Waals surface area contributed by atoms with Crippen molar-refractivity contribution >= 4 is 29.6 Å². The second kappa shape index (κ2) is 8.65. The van der Waals surface area contributed by atoms with Crippen LogP contribution in [-0.2, 0) is 20.7 Å². The quantitative estimate of drug-likeness (QED) is 0.549. The van der Waals surface area contributed by atoms with Gasteiger partial charge in [0.25, 0.3) is 0 Å². The molecule has 10 heteroatoms. The summed E-state index contributed by atoms with van der Waals surface area (Å²) in [4.78, 5) is 51.6. The Morgan fingerprint density at radius 3 is 2.49 bits per heavy atom. The number of hydrogen-bond donors (Lipinski definition) is 3. The molecule has 9 nitrogen and oxygen atoms in total. The van der Waals surface area contributed by atoms with Crippen molar-refractivity contribution in [3.05, 3.63) is 53.3 Å². The summed E-state index contributed by atoms with van der Waals surface area (Å²) < 4.78 is 20.4. The number of aliphatic hydroxyl groups excluding tert-OH is 1. The molecule has 192 valence electrons. The lowest BCUT2D eigenvalue weighted by molar-refractivity contribution is -0.151. The normalized spacial score (nSPS) is 26.3. The van der Waals surface area contributed by atoms with Gasteiger partial charge in [0.15, 0.2) is 0 Å². The Bertz CT molecular complexity index is 1320. The smallest absolute Gasteiger partial charge is 0.414 e. The Balaban J connectivity index is 1.37. The van der Waals surface area contributed by atoms with Gasteiger partial charge >= 0.3 is 12.1 Å². The fraction of sp³-hybridized carbons (Fsp3) is 0.407. The predicted molar refractivity (Wildman–Crippen MR) is 129 cm³/mol. The van der Waals surface area contributed by atoms with Crippen LogP contribution in [0.3, 0.4) is 0 Å². The maximum Gasteiger partial charge on any atom is 0.414 e. The molecule has 2 aliphatic carbocycles. The number of anilines is 1. The largest absolute Gasteiger partial charge is 0.441 e. The van der Waals surface area contributed by atoms with Gasteiger partial charge < -0.3 is 9.84 Å². The topological polar surface area (TPSA) is 125 Å². The number of barbiturate groups is 1. The molecule has 5 amide bonds. The van der Waals surface area contributed by atoms with Crippen LogP contribution >= 0.6 is 0 Å². The van der Waals surface area contributed by atoms with E-state index < -0.39 is 41.3 Å². The summed E-state index contributed by atoms with van der Waals surface area (Å²) in [6.07, 6.45) is 2.26. The zero-order valence-electron chi connectivity index (χ0n) is 20.0. The van der Waals surface area contributed by atoms with Crippen LogP contribution in [0.2, 0.25) is 0 Å². The summed E-state index contributed by atoms with van der Waals surface area (Å²) >= 11 is 0. The van der Waals surface area contributed by atoms with Crippen LogP contribution in [0.1, 0.15) is 42.7 Å². The van der Waals surface area contributed by atoms with E-state index in [1.165, 1.54) is 11.0 Å². The summed E-state index contributed by atoms with van der Waals surface area (Å²) in [5.74, 6) is -1.90. The maximum atomic E-state index is 15.3. The van der Waals surface area contributed by atoms with E-state index in [-0.39, 0.29) is 31.4 Å². The lowest BCUT2D eigenvalue weighted by Gasteiger charge is -2.49. The zero-order valence-corrected chi connectivity index (χ0v) is 20.0. The number of carbonyl (C=O) groups is 4. The molecule has 1 spiro atoms. The number of benzene rings is 2. The minimum absolute atomic E-state index is 0.0101. The molecule has 2 aliphatic heterocycles. The average Bonchev–Trinajstić information content (AvgIpc) is 3.27. The van der Waals surface area contributed by atoms with Crippen molar-refractivity contribution in [3.63, 3.8) is 0 Å². The molecule has 4 aliphatic rings.